The molecule has 4 rings (SSSR count). The van der Waals surface area contributed by atoms with Gasteiger partial charge in [-0.2, -0.15) is 0 Å². The zero-order valence-electron chi connectivity index (χ0n) is 12.3. The third-order valence-corrected chi connectivity index (χ3v) is 4.24. The molecule has 1 aliphatic heterocycles. The number of nitrogens with one attached hydrogen (secondary N) is 2. The van der Waals surface area contributed by atoms with Crippen molar-refractivity contribution in [3.05, 3.63) is 57.0 Å². The summed E-state index contributed by atoms with van der Waals surface area (Å²) in [4.78, 5) is 12.6. The van der Waals surface area contributed by atoms with Crippen molar-refractivity contribution in [3.63, 3.8) is 0 Å². The Morgan fingerprint density at radius 3 is 2.82 bits per heavy atom. The molecule has 0 spiro atoms. The Labute approximate surface area is 127 Å². The number of methoxy groups -OCH3 is 1. The first-order valence-electron chi connectivity index (χ1n) is 7.44. The number of aromatic amines is 1. The standard InChI is InChI=1S/C17H17N3O2/c1-22-12-8-6-11(7-9-12)20-17(21)14-10-18-15-5-3-2-4-13(15)16(14)19-20/h5-10,18-19H,2-4H2,1H3. The Morgan fingerprint density at radius 1 is 1.23 bits per heavy atom. The van der Waals surface area contributed by atoms with Gasteiger partial charge in [-0.25, -0.2) is 4.68 Å². The molecule has 0 saturated carbocycles. The van der Waals surface area contributed by atoms with Crippen molar-refractivity contribution >= 4 is 11.8 Å². The molecule has 112 valence electrons. The monoisotopic (exact) mass is 295 g/mol. The first kappa shape index (κ1) is 13.0. The molecule has 0 atom stereocenters. The van der Waals surface area contributed by atoms with Gasteiger partial charge < -0.3 is 10.1 Å². The maximum atomic E-state index is 12.6. The van der Waals surface area contributed by atoms with E-state index >= 15 is 0 Å². The Morgan fingerprint density at radius 2 is 2.05 bits per heavy atom. The number of aromatic nitrogens is 2. The molecule has 0 radical (unpaired) electrons. The van der Waals surface area contributed by atoms with Gasteiger partial charge in [0.2, 0.25) is 0 Å². The summed E-state index contributed by atoms with van der Waals surface area (Å²) < 4.78 is 6.75. The molecule has 22 heavy (non-hydrogen) atoms. The van der Waals surface area contributed by atoms with Crippen molar-refractivity contribution in [1.29, 1.82) is 0 Å². The average Bonchev–Trinajstić information content (AvgIpc) is 2.92. The fourth-order valence-electron chi connectivity index (χ4n) is 3.07. The molecule has 0 saturated heterocycles. The molecule has 1 aromatic carbocycles. The van der Waals surface area contributed by atoms with E-state index in [1.807, 2.05) is 24.3 Å². The molecule has 5 heteroatoms. The van der Waals surface area contributed by atoms with Crippen molar-refractivity contribution in [2.75, 3.05) is 7.11 Å². The number of allylic oxidation sites excluding steroid dienone is 2. The Hall–Kier alpha value is -2.69. The maximum absolute atomic E-state index is 12.6. The van der Waals surface area contributed by atoms with E-state index in [2.05, 4.69) is 16.5 Å². The van der Waals surface area contributed by atoms with Crippen LogP contribution in [0.5, 0.6) is 5.75 Å². The molecule has 2 aliphatic rings. The average molecular weight is 295 g/mol. The first-order valence-corrected chi connectivity index (χ1v) is 7.44. The highest BCUT2D eigenvalue weighted by Gasteiger charge is 2.17. The lowest BCUT2D eigenvalue weighted by Gasteiger charge is -2.18. The molecule has 0 bridgehead atoms. The molecule has 1 aliphatic carbocycles. The normalized spacial score (nSPS) is 16.0. The van der Waals surface area contributed by atoms with Crippen LogP contribution in [0.15, 0.2) is 40.8 Å². The minimum atomic E-state index is -0.0372. The molecule has 2 N–H and O–H groups in total. The molecule has 2 heterocycles. The van der Waals surface area contributed by atoms with Gasteiger partial charge in [0.1, 0.15) is 5.75 Å². The smallest absolute Gasteiger partial charge is 0.280 e. The number of ether oxygens (including phenoxy) is 1. The summed E-state index contributed by atoms with van der Waals surface area (Å²) in [6, 6.07) is 7.45. The second kappa shape index (κ2) is 4.94. The van der Waals surface area contributed by atoms with Gasteiger partial charge in [-0.05, 0) is 43.5 Å². The quantitative estimate of drug-likeness (QED) is 0.859. The van der Waals surface area contributed by atoms with Crippen LogP contribution in [0.4, 0.5) is 0 Å². The predicted octanol–water partition coefficient (Wildman–Crippen LogP) is 0.734. The van der Waals surface area contributed by atoms with E-state index in [-0.39, 0.29) is 5.56 Å². The highest BCUT2D eigenvalue weighted by atomic mass is 16.5. The van der Waals surface area contributed by atoms with Gasteiger partial charge in [-0.1, -0.05) is 6.08 Å². The topological polar surface area (TPSA) is 59.0 Å². The van der Waals surface area contributed by atoms with E-state index in [1.165, 1.54) is 5.57 Å². The van der Waals surface area contributed by atoms with Crippen LogP contribution >= 0.6 is 0 Å². The number of rotatable bonds is 2. The van der Waals surface area contributed by atoms with Crippen LogP contribution in [0.3, 0.4) is 0 Å². The van der Waals surface area contributed by atoms with Crippen LogP contribution in [0, 0.1) is 0 Å². The fraction of sp³-hybridized carbons (Fsp3) is 0.235. The third-order valence-electron chi connectivity index (χ3n) is 4.24. The van der Waals surface area contributed by atoms with E-state index in [0.717, 1.165) is 41.7 Å². The van der Waals surface area contributed by atoms with E-state index in [4.69, 9.17) is 4.74 Å². The van der Waals surface area contributed by atoms with Crippen LogP contribution in [0.2, 0.25) is 0 Å². The molecular weight excluding hydrogens is 278 g/mol. The zero-order chi connectivity index (χ0) is 15.1. The summed E-state index contributed by atoms with van der Waals surface area (Å²) in [5, 5.41) is 8.15. The van der Waals surface area contributed by atoms with Crippen LogP contribution in [0.1, 0.15) is 19.3 Å². The van der Waals surface area contributed by atoms with E-state index < -0.39 is 0 Å². The summed E-state index contributed by atoms with van der Waals surface area (Å²) in [5.41, 5.74) is 3.09. The lowest BCUT2D eigenvalue weighted by Crippen LogP contribution is -2.42. The molecule has 0 fully saturated rings. The highest BCUT2D eigenvalue weighted by Crippen LogP contribution is 2.22. The Bertz CT molecular complexity index is 930. The van der Waals surface area contributed by atoms with E-state index in [0.29, 0.717) is 5.22 Å². The number of benzene rings is 1. The van der Waals surface area contributed by atoms with Crippen LogP contribution < -0.4 is 26.2 Å². The number of hydrogen-bond donors (Lipinski definition) is 2. The predicted molar refractivity (Wildman–Crippen MR) is 85.1 cm³/mol. The maximum Gasteiger partial charge on any atom is 0.280 e. The number of nitrogens with zero attached hydrogens (tertiary/aromatic N) is 1. The van der Waals surface area contributed by atoms with Crippen LogP contribution in [-0.2, 0) is 0 Å². The summed E-state index contributed by atoms with van der Waals surface area (Å²) >= 11 is 0. The number of hydrogen-bond acceptors (Lipinski definition) is 3. The van der Waals surface area contributed by atoms with Crippen LogP contribution in [0.25, 0.3) is 17.5 Å². The minimum Gasteiger partial charge on any atom is -0.497 e. The lowest BCUT2D eigenvalue weighted by atomic mass is 9.96. The highest BCUT2D eigenvalue weighted by molar-refractivity contribution is 5.67. The number of fused-ring (bicyclic) bond motifs is 2. The summed E-state index contributed by atoms with van der Waals surface area (Å²) in [5.74, 6) is 0.772. The number of H-pyrrole nitrogens is 1. The molecule has 0 amide bonds. The summed E-state index contributed by atoms with van der Waals surface area (Å²) in [6.45, 7) is 0. The van der Waals surface area contributed by atoms with Crippen molar-refractivity contribution in [3.8, 4) is 11.4 Å². The van der Waals surface area contributed by atoms with Gasteiger partial charge in [-0.3, -0.25) is 9.89 Å². The van der Waals surface area contributed by atoms with Gasteiger partial charge >= 0.3 is 0 Å². The summed E-state index contributed by atoms with van der Waals surface area (Å²) in [7, 11) is 1.63. The molecule has 5 nitrogen and oxygen atoms in total. The fourth-order valence-corrected chi connectivity index (χ4v) is 3.07. The molecule has 2 aromatic rings. The van der Waals surface area contributed by atoms with Gasteiger partial charge in [0, 0.05) is 17.5 Å². The van der Waals surface area contributed by atoms with Crippen molar-refractivity contribution in [2.24, 2.45) is 0 Å². The lowest BCUT2D eigenvalue weighted by molar-refractivity contribution is 0.414. The van der Waals surface area contributed by atoms with Gasteiger partial charge in [-0.15, -0.1) is 0 Å². The van der Waals surface area contributed by atoms with Crippen molar-refractivity contribution in [1.82, 2.24) is 15.1 Å². The molecule has 1 aromatic heterocycles. The van der Waals surface area contributed by atoms with Gasteiger partial charge in [0.05, 0.1) is 23.4 Å². The molecule has 0 unspecified atom stereocenters. The molecular formula is C17H17N3O2. The zero-order valence-corrected chi connectivity index (χ0v) is 12.3. The van der Waals surface area contributed by atoms with Crippen LogP contribution in [-0.4, -0.2) is 16.9 Å². The van der Waals surface area contributed by atoms with Crippen molar-refractivity contribution < 1.29 is 4.74 Å². The van der Waals surface area contributed by atoms with Gasteiger partial charge in [0.25, 0.3) is 5.56 Å². The Kier molecular flexibility index (Phi) is 2.92. The second-order valence-electron chi connectivity index (χ2n) is 5.52. The van der Waals surface area contributed by atoms with Gasteiger partial charge in [0.15, 0.2) is 0 Å². The third kappa shape index (κ3) is 1.89. The Balaban J connectivity index is 1.94. The first-order chi connectivity index (χ1) is 10.8. The summed E-state index contributed by atoms with van der Waals surface area (Å²) in [6.07, 6.45) is 7.19. The SMILES string of the molecule is COc1ccc(-n2[nH]c3c(c2=O)=CNC2=CCCCC=32)cc1. The van der Waals surface area contributed by atoms with Crippen molar-refractivity contribution in [2.45, 2.75) is 19.3 Å². The van der Waals surface area contributed by atoms with E-state index in [9.17, 15) is 4.79 Å². The second-order valence-corrected chi connectivity index (χ2v) is 5.52. The minimum absolute atomic E-state index is 0.0372. The van der Waals surface area contributed by atoms with E-state index in [1.54, 1.807) is 18.0 Å². The largest absolute Gasteiger partial charge is 0.497 e.